The largest absolute Gasteiger partial charge is 0.417 e. The van der Waals surface area contributed by atoms with Gasteiger partial charge in [0, 0.05) is 38.9 Å². The highest BCUT2D eigenvalue weighted by atomic mass is 35.5. The number of amides is 3. The molecule has 0 spiro atoms. The Balaban J connectivity index is 1.94. The summed E-state index contributed by atoms with van der Waals surface area (Å²) in [4.78, 5) is 26.9. The van der Waals surface area contributed by atoms with Gasteiger partial charge >= 0.3 is 12.2 Å². The summed E-state index contributed by atoms with van der Waals surface area (Å²) in [6.07, 6.45) is -4.59. The van der Waals surface area contributed by atoms with E-state index in [1.807, 2.05) is 4.90 Å². The van der Waals surface area contributed by atoms with Crippen LogP contribution >= 0.6 is 11.6 Å². The smallest absolute Gasteiger partial charge is 0.358 e. The highest BCUT2D eigenvalue weighted by Gasteiger charge is 2.33. The van der Waals surface area contributed by atoms with Gasteiger partial charge < -0.3 is 15.5 Å². The van der Waals surface area contributed by atoms with Crippen molar-refractivity contribution in [3.63, 3.8) is 0 Å². The summed E-state index contributed by atoms with van der Waals surface area (Å²) in [5.74, 6) is -0.112. The molecule has 0 aromatic heterocycles. The normalized spacial score (nSPS) is 15.8. The topological polar surface area (TPSA) is 64.7 Å². The Morgan fingerprint density at radius 2 is 1.84 bits per heavy atom. The van der Waals surface area contributed by atoms with Crippen LogP contribution in [0.15, 0.2) is 18.2 Å². The average molecular weight is 379 g/mol. The number of likely N-dealkylation sites (N-methyl/N-ethyl adjacent to an activating group) is 1. The molecule has 6 nitrogen and oxygen atoms in total. The second-order valence-corrected chi connectivity index (χ2v) is 5.97. The molecule has 0 bridgehead atoms. The number of anilines is 1. The number of halogens is 4. The van der Waals surface area contributed by atoms with Gasteiger partial charge in [0.05, 0.1) is 17.1 Å². The van der Waals surface area contributed by atoms with Crippen molar-refractivity contribution in [2.45, 2.75) is 6.18 Å². The van der Waals surface area contributed by atoms with E-state index in [1.165, 1.54) is 11.0 Å². The number of nitrogens with zero attached hydrogens (tertiary/aromatic N) is 2. The molecule has 1 aromatic rings. The predicted octanol–water partition coefficient (Wildman–Crippen LogP) is 2.25. The highest BCUT2D eigenvalue weighted by Crippen LogP contribution is 2.36. The van der Waals surface area contributed by atoms with E-state index >= 15 is 0 Å². The van der Waals surface area contributed by atoms with Crippen LogP contribution < -0.4 is 10.6 Å². The fraction of sp³-hybridized carbons (Fsp3) is 0.467. The van der Waals surface area contributed by atoms with Crippen molar-refractivity contribution in [3.8, 4) is 0 Å². The van der Waals surface area contributed by atoms with Gasteiger partial charge in [-0.2, -0.15) is 13.2 Å². The third kappa shape index (κ3) is 5.23. The van der Waals surface area contributed by atoms with Gasteiger partial charge in [0.2, 0.25) is 5.91 Å². The van der Waals surface area contributed by atoms with E-state index in [0.717, 1.165) is 12.1 Å². The summed E-state index contributed by atoms with van der Waals surface area (Å²) < 4.78 is 38.6. The third-order valence-corrected chi connectivity index (χ3v) is 4.16. The number of nitrogens with one attached hydrogen (secondary N) is 2. The number of benzene rings is 1. The van der Waals surface area contributed by atoms with Crippen molar-refractivity contribution in [2.75, 3.05) is 45.1 Å². The molecule has 1 aliphatic heterocycles. The summed E-state index contributed by atoms with van der Waals surface area (Å²) in [5, 5.41) is 4.55. The van der Waals surface area contributed by atoms with Crippen LogP contribution in [0.25, 0.3) is 0 Å². The van der Waals surface area contributed by atoms with E-state index in [-0.39, 0.29) is 18.1 Å². The molecular weight excluding hydrogens is 361 g/mol. The molecule has 0 radical (unpaired) electrons. The maximum Gasteiger partial charge on any atom is 0.417 e. The standard InChI is InChI=1S/C15H18ClF3N4O2/c1-20-13(24)9-22-4-6-23(7-5-22)14(25)21-10-2-3-12(16)11(8-10)15(17,18)19/h2-3,8H,4-7,9H2,1H3,(H,20,24)(H,21,25). The monoisotopic (exact) mass is 378 g/mol. The minimum atomic E-state index is -4.59. The zero-order valence-electron chi connectivity index (χ0n) is 13.5. The van der Waals surface area contributed by atoms with Crippen molar-refractivity contribution in [2.24, 2.45) is 0 Å². The van der Waals surface area contributed by atoms with Gasteiger partial charge in [0.25, 0.3) is 0 Å². The van der Waals surface area contributed by atoms with Gasteiger partial charge in [-0.15, -0.1) is 0 Å². The lowest BCUT2D eigenvalue weighted by atomic mass is 10.2. The first kappa shape index (κ1) is 19.3. The minimum absolute atomic E-state index is 0.0227. The van der Waals surface area contributed by atoms with Crippen molar-refractivity contribution < 1.29 is 22.8 Å². The quantitative estimate of drug-likeness (QED) is 0.848. The molecule has 2 rings (SSSR count). The van der Waals surface area contributed by atoms with Gasteiger partial charge in [-0.3, -0.25) is 9.69 Å². The van der Waals surface area contributed by atoms with Gasteiger partial charge in [-0.1, -0.05) is 11.6 Å². The number of carbonyl (C=O) groups excluding carboxylic acids is 2. The first-order valence-electron chi connectivity index (χ1n) is 7.56. The molecule has 1 saturated heterocycles. The fourth-order valence-electron chi connectivity index (χ4n) is 2.41. The SMILES string of the molecule is CNC(=O)CN1CCN(C(=O)Nc2ccc(Cl)c(C(F)(F)F)c2)CC1. The Morgan fingerprint density at radius 1 is 1.20 bits per heavy atom. The second-order valence-electron chi connectivity index (χ2n) is 5.56. The number of urea groups is 1. The molecular formula is C15H18ClF3N4O2. The zero-order valence-corrected chi connectivity index (χ0v) is 14.2. The maximum absolute atomic E-state index is 12.9. The molecule has 0 atom stereocenters. The van der Waals surface area contributed by atoms with Crippen LogP contribution in [-0.4, -0.2) is 61.5 Å². The van der Waals surface area contributed by atoms with Gasteiger partial charge in [-0.25, -0.2) is 4.79 Å². The third-order valence-electron chi connectivity index (χ3n) is 3.83. The Morgan fingerprint density at radius 3 is 2.40 bits per heavy atom. The molecule has 0 saturated carbocycles. The summed E-state index contributed by atoms with van der Waals surface area (Å²) in [7, 11) is 1.55. The molecule has 1 heterocycles. The first-order valence-corrected chi connectivity index (χ1v) is 7.94. The number of rotatable bonds is 3. The Kier molecular flexibility index (Phi) is 6.12. The molecule has 2 N–H and O–H groups in total. The van der Waals surface area contributed by atoms with Crippen molar-refractivity contribution in [1.82, 2.24) is 15.1 Å². The molecule has 138 valence electrons. The summed E-state index contributed by atoms with van der Waals surface area (Å²) in [6, 6.07) is 2.73. The molecule has 1 aromatic carbocycles. The van der Waals surface area contributed by atoms with Crippen LogP contribution in [0.1, 0.15) is 5.56 Å². The lowest BCUT2D eigenvalue weighted by molar-refractivity contribution is -0.137. The van der Waals surface area contributed by atoms with Gasteiger partial charge in [0.15, 0.2) is 0 Å². The van der Waals surface area contributed by atoms with E-state index in [0.29, 0.717) is 26.2 Å². The van der Waals surface area contributed by atoms with E-state index in [4.69, 9.17) is 11.6 Å². The molecule has 25 heavy (non-hydrogen) atoms. The second kappa shape index (κ2) is 7.92. The van der Waals surface area contributed by atoms with Crippen LogP contribution in [-0.2, 0) is 11.0 Å². The number of hydrogen-bond donors (Lipinski definition) is 2. The van der Waals surface area contributed by atoms with E-state index in [9.17, 15) is 22.8 Å². The summed E-state index contributed by atoms with van der Waals surface area (Å²) >= 11 is 5.55. The van der Waals surface area contributed by atoms with Crippen molar-refractivity contribution in [1.29, 1.82) is 0 Å². The Labute approximate surface area is 147 Å². The van der Waals surface area contributed by atoms with Gasteiger partial charge in [-0.05, 0) is 18.2 Å². The van der Waals surface area contributed by atoms with Crippen molar-refractivity contribution >= 4 is 29.2 Å². The van der Waals surface area contributed by atoms with E-state index in [2.05, 4.69) is 10.6 Å². The maximum atomic E-state index is 12.9. The molecule has 1 fully saturated rings. The van der Waals surface area contributed by atoms with Crippen LogP contribution in [0.3, 0.4) is 0 Å². The molecule has 10 heteroatoms. The highest BCUT2D eigenvalue weighted by molar-refractivity contribution is 6.31. The number of piperazine rings is 1. The minimum Gasteiger partial charge on any atom is -0.358 e. The van der Waals surface area contributed by atoms with Gasteiger partial charge in [0.1, 0.15) is 0 Å². The van der Waals surface area contributed by atoms with Crippen LogP contribution in [0.2, 0.25) is 5.02 Å². The Bertz CT molecular complexity index is 646. The number of alkyl halides is 3. The number of hydrogen-bond acceptors (Lipinski definition) is 3. The van der Waals surface area contributed by atoms with Crippen LogP contribution in [0, 0.1) is 0 Å². The summed E-state index contributed by atoms with van der Waals surface area (Å²) in [5.41, 5.74) is -0.975. The average Bonchev–Trinajstić information content (AvgIpc) is 2.56. The molecule has 3 amide bonds. The summed E-state index contributed by atoms with van der Waals surface area (Å²) in [6.45, 7) is 2.02. The lowest BCUT2D eigenvalue weighted by Gasteiger charge is -2.34. The first-order chi connectivity index (χ1) is 11.7. The van der Waals surface area contributed by atoms with E-state index in [1.54, 1.807) is 7.05 Å². The van der Waals surface area contributed by atoms with E-state index < -0.39 is 22.8 Å². The fourth-order valence-corrected chi connectivity index (χ4v) is 2.64. The lowest BCUT2D eigenvalue weighted by Crippen LogP contribution is -2.51. The number of carbonyl (C=O) groups is 2. The zero-order chi connectivity index (χ0) is 18.6. The predicted molar refractivity (Wildman–Crippen MR) is 87.6 cm³/mol. The molecule has 0 aliphatic carbocycles. The molecule has 1 aliphatic rings. The molecule has 0 unspecified atom stereocenters. The Hall–Kier alpha value is -2.00. The van der Waals surface area contributed by atoms with Crippen molar-refractivity contribution in [3.05, 3.63) is 28.8 Å². The van der Waals surface area contributed by atoms with Crippen LogP contribution in [0.5, 0.6) is 0 Å². The van der Waals surface area contributed by atoms with Crippen LogP contribution in [0.4, 0.5) is 23.7 Å².